The molecule has 1 unspecified atom stereocenters. The smallest absolute Gasteiger partial charge is 0.0703 e. The Bertz CT molecular complexity index is 285. The van der Waals surface area contributed by atoms with E-state index < -0.39 is 0 Å². The highest BCUT2D eigenvalue weighted by molar-refractivity contribution is 7.07. The van der Waals surface area contributed by atoms with Crippen LogP contribution in [-0.2, 0) is 11.2 Å². The predicted octanol–water partition coefficient (Wildman–Crippen LogP) is 2.61. The predicted molar refractivity (Wildman–Crippen MR) is 62.2 cm³/mol. The fourth-order valence-electron chi connectivity index (χ4n) is 2.25. The Balaban J connectivity index is 1.84. The summed E-state index contributed by atoms with van der Waals surface area (Å²) < 4.78 is 5.51. The number of hydrogen-bond donors (Lipinski definition) is 1. The Kier molecular flexibility index (Phi) is 3.44. The van der Waals surface area contributed by atoms with Crippen LogP contribution in [0.3, 0.4) is 0 Å². The van der Waals surface area contributed by atoms with Crippen molar-refractivity contribution in [2.24, 2.45) is 0 Å². The quantitative estimate of drug-likeness (QED) is 0.836. The van der Waals surface area contributed by atoms with E-state index in [0.29, 0.717) is 0 Å². The molecule has 1 aliphatic carbocycles. The summed E-state index contributed by atoms with van der Waals surface area (Å²) in [6.45, 7) is 0. The summed E-state index contributed by atoms with van der Waals surface area (Å²) in [6.07, 6.45) is 4.71. The second-order valence-corrected chi connectivity index (χ2v) is 5.21. The SMILES string of the molecule is COC1(CC(O)Cc2ccsc2)CCC1. The lowest BCUT2D eigenvalue weighted by Gasteiger charge is -2.41. The number of rotatable bonds is 5. The number of aliphatic hydroxyl groups excluding tert-OH is 1. The van der Waals surface area contributed by atoms with Crippen LogP contribution < -0.4 is 0 Å². The molecule has 0 amide bonds. The Morgan fingerprint density at radius 3 is 2.87 bits per heavy atom. The summed E-state index contributed by atoms with van der Waals surface area (Å²) in [7, 11) is 1.76. The van der Waals surface area contributed by atoms with E-state index in [1.807, 2.05) is 0 Å². The van der Waals surface area contributed by atoms with Gasteiger partial charge in [-0.05, 0) is 48.1 Å². The normalized spacial score (nSPS) is 20.9. The highest BCUT2D eigenvalue weighted by Gasteiger charge is 2.38. The number of aliphatic hydroxyl groups is 1. The van der Waals surface area contributed by atoms with Crippen molar-refractivity contribution in [3.05, 3.63) is 22.4 Å². The zero-order chi connectivity index (χ0) is 10.7. The highest BCUT2D eigenvalue weighted by Crippen LogP contribution is 2.39. The first kappa shape index (κ1) is 11.1. The summed E-state index contributed by atoms with van der Waals surface area (Å²) >= 11 is 1.68. The van der Waals surface area contributed by atoms with E-state index in [9.17, 15) is 5.11 Å². The van der Waals surface area contributed by atoms with Gasteiger partial charge < -0.3 is 9.84 Å². The van der Waals surface area contributed by atoms with Crippen LogP contribution in [0, 0.1) is 0 Å². The van der Waals surface area contributed by atoms with Crippen molar-refractivity contribution in [2.75, 3.05) is 7.11 Å². The zero-order valence-corrected chi connectivity index (χ0v) is 9.93. The summed E-state index contributed by atoms with van der Waals surface area (Å²) in [5.74, 6) is 0. The molecule has 1 aliphatic rings. The molecule has 0 saturated heterocycles. The largest absolute Gasteiger partial charge is 0.393 e. The van der Waals surface area contributed by atoms with Crippen molar-refractivity contribution in [2.45, 2.75) is 43.8 Å². The minimum atomic E-state index is -0.264. The monoisotopic (exact) mass is 226 g/mol. The first-order valence-electron chi connectivity index (χ1n) is 5.48. The maximum absolute atomic E-state index is 9.98. The van der Waals surface area contributed by atoms with E-state index in [0.717, 1.165) is 25.7 Å². The van der Waals surface area contributed by atoms with Gasteiger partial charge in [0.25, 0.3) is 0 Å². The second kappa shape index (κ2) is 4.64. The molecule has 1 atom stereocenters. The van der Waals surface area contributed by atoms with Crippen molar-refractivity contribution in [1.82, 2.24) is 0 Å². The maximum Gasteiger partial charge on any atom is 0.0703 e. The van der Waals surface area contributed by atoms with Gasteiger partial charge >= 0.3 is 0 Å². The molecule has 15 heavy (non-hydrogen) atoms. The topological polar surface area (TPSA) is 29.5 Å². The van der Waals surface area contributed by atoms with Gasteiger partial charge in [-0.1, -0.05) is 0 Å². The van der Waals surface area contributed by atoms with Gasteiger partial charge in [0.1, 0.15) is 0 Å². The molecule has 3 heteroatoms. The molecule has 0 spiro atoms. The molecule has 0 bridgehead atoms. The highest BCUT2D eigenvalue weighted by atomic mass is 32.1. The summed E-state index contributed by atoms with van der Waals surface area (Å²) in [6, 6.07) is 2.08. The first-order valence-corrected chi connectivity index (χ1v) is 6.43. The van der Waals surface area contributed by atoms with Crippen LogP contribution in [-0.4, -0.2) is 23.9 Å². The Hall–Kier alpha value is -0.380. The lowest BCUT2D eigenvalue weighted by atomic mass is 9.75. The Labute approximate surface area is 94.9 Å². The van der Waals surface area contributed by atoms with Gasteiger partial charge in [-0.15, -0.1) is 0 Å². The summed E-state index contributed by atoms with van der Waals surface area (Å²) in [5.41, 5.74) is 1.22. The molecule has 1 heterocycles. The molecule has 0 aromatic carbocycles. The van der Waals surface area contributed by atoms with Crippen LogP contribution in [0.4, 0.5) is 0 Å². The molecule has 1 saturated carbocycles. The first-order chi connectivity index (χ1) is 7.24. The average Bonchev–Trinajstić information content (AvgIpc) is 2.64. The third-order valence-corrected chi connectivity index (χ3v) is 4.09. The minimum Gasteiger partial charge on any atom is -0.393 e. The van der Waals surface area contributed by atoms with Crippen molar-refractivity contribution >= 4 is 11.3 Å². The van der Waals surface area contributed by atoms with Crippen LogP contribution in [0.1, 0.15) is 31.2 Å². The zero-order valence-electron chi connectivity index (χ0n) is 9.11. The number of methoxy groups -OCH3 is 1. The van der Waals surface area contributed by atoms with E-state index in [2.05, 4.69) is 16.8 Å². The second-order valence-electron chi connectivity index (χ2n) is 4.43. The molecular formula is C12H18O2S. The van der Waals surface area contributed by atoms with Gasteiger partial charge in [-0.2, -0.15) is 11.3 Å². The van der Waals surface area contributed by atoms with Crippen LogP contribution >= 0.6 is 11.3 Å². The van der Waals surface area contributed by atoms with Crippen molar-refractivity contribution < 1.29 is 9.84 Å². The molecule has 1 N–H and O–H groups in total. The van der Waals surface area contributed by atoms with Crippen LogP contribution in [0.25, 0.3) is 0 Å². The van der Waals surface area contributed by atoms with Gasteiger partial charge in [-0.3, -0.25) is 0 Å². The summed E-state index contributed by atoms with van der Waals surface area (Å²) in [4.78, 5) is 0. The molecule has 0 radical (unpaired) electrons. The third-order valence-electron chi connectivity index (χ3n) is 3.36. The van der Waals surface area contributed by atoms with E-state index in [4.69, 9.17) is 4.74 Å². The molecule has 1 fully saturated rings. The molecule has 1 aromatic rings. The van der Waals surface area contributed by atoms with E-state index in [-0.39, 0.29) is 11.7 Å². The minimum absolute atomic E-state index is 0.0184. The maximum atomic E-state index is 9.98. The number of hydrogen-bond acceptors (Lipinski definition) is 3. The van der Waals surface area contributed by atoms with Gasteiger partial charge in [-0.25, -0.2) is 0 Å². The van der Waals surface area contributed by atoms with E-state index >= 15 is 0 Å². The van der Waals surface area contributed by atoms with Gasteiger partial charge in [0.2, 0.25) is 0 Å². The fourth-order valence-corrected chi connectivity index (χ4v) is 2.93. The van der Waals surface area contributed by atoms with Crippen molar-refractivity contribution in [3.8, 4) is 0 Å². The van der Waals surface area contributed by atoms with Crippen molar-refractivity contribution in [3.63, 3.8) is 0 Å². The van der Waals surface area contributed by atoms with Gasteiger partial charge in [0.05, 0.1) is 11.7 Å². The van der Waals surface area contributed by atoms with Crippen LogP contribution in [0.15, 0.2) is 16.8 Å². The average molecular weight is 226 g/mol. The van der Waals surface area contributed by atoms with E-state index in [1.165, 1.54) is 12.0 Å². The Morgan fingerprint density at radius 1 is 1.60 bits per heavy atom. The number of thiophene rings is 1. The van der Waals surface area contributed by atoms with Crippen molar-refractivity contribution in [1.29, 1.82) is 0 Å². The number of ether oxygens (including phenoxy) is 1. The fraction of sp³-hybridized carbons (Fsp3) is 0.667. The van der Waals surface area contributed by atoms with Gasteiger partial charge in [0.15, 0.2) is 0 Å². The molecule has 84 valence electrons. The van der Waals surface area contributed by atoms with E-state index in [1.54, 1.807) is 18.4 Å². The third kappa shape index (κ3) is 2.60. The molecule has 2 nitrogen and oxygen atoms in total. The van der Waals surface area contributed by atoms with Crippen LogP contribution in [0.2, 0.25) is 0 Å². The summed E-state index contributed by atoms with van der Waals surface area (Å²) in [5, 5.41) is 14.1. The van der Waals surface area contributed by atoms with Crippen LogP contribution in [0.5, 0.6) is 0 Å². The molecule has 0 aliphatic heterocycles. The Morgan fingerprint density at radius 2 is 2.40 bits per heavy atom. The lowest BCUT2D eigenvalue weighted by Crippen LogP contribution is -2.42. The lowest BCUT2D eigenvalue weighted by molar-refractivity contribution is -0.0989. The molecule has 2 rings (SSSR count). The molecular weight excluding hydrogens is 208 g/mol. The van der Waals surface area contributed by atoms with Gasteiger partial charge in [0, 0.05) is 13.5 Å². The standard InChI is InChI=1S/C12H18O2S/c1-14-12(4-2-5-12)8-11(13)7-10-3-6-15-9-10/h3,6,9,11,13H,2,4-5,7-8H2,1H3. The molecule has 1 aromatic heterocycles.